The van der Waals surface area contributed by atoms with Gasteiger partial charge in [0.25, 0.3) is 0 Å². The number of benzene rings is 2. The van der Waals surface area contributed by atoms with Crippen molar-refractivity contribution in [2.45, 2.75) is 49.8 Å². The van der Waals surface area contributed by atoms with Crippen molar-refractivity contribution in [3.8, 4) is 0 Å². The molecule has 2 rings (SSSR count). The summed E-state index contributed by atoms with van der Waals surface area (Å²) in [5, 5.41) is 0. The van der Waals surface area contributed by atoms with E-state index in [1.807, 2.05) is 11.8 Å². The molecule has 0 aromatic heterocycles. The van der Waals surface area contributed by atoms with Gasteiger partial charge in [0.15, 0.2) is 0 Å². The smallest absolute Gasteiger partial charge is 0.0181 e. The van der Waals surface area contributed by atoms with Crippen LogP contribution in [-0.4, -0.2) is 0 Å². The molecule has 19 heavy (non-hydrogen) atoms. The maximum Gasteiger partial charge on any atom is 0.0181 e. The summed E-state index contributed by atoms with van der Waals surface area (Å²) in [6.07, 6.45) is 0. The van der Waals surface area contributed by atoms with Crippen LogP contribution in [0, 0.1) is 13.8 Å². The Labute approximate surface area is 121 Å². The van der Waals surface area contributed by atoms with Crippen LogP contribution in [0.25, 0.3) is 0 Å². The van der Waals surface area contributed by atoms with Gasteiger partial charge in [0.1, 0.15) is 0 Å². The zero-order valence-corrected chi connectivity index (χ0v) is 13.3. The molecule has 0 aliphatic rings. The van der Waals surface area contributed by atoms with E-state index >= 15 is 0 Å². The molecule has 100 valence electrons. The Morgan fingerprint density at radius 3 is 1.84 bits per heavy atom. The van der Waals surface area contributed by atoms with E-state index in [4.69, 9.17) is 0 Å². The number of hydrogen-bond acceptors (Lipinski definition) is 1. The molecule has 0 spiro atoms. The largest absolute Gasteiger partial charge is 0.0895 e. The van der Waals surface area contributed by atoms with Crippen LogP contribution in [0.3, 0.4) is 0 Å². The maximum atomic E-state index is 2.33. The van der Waals surface area contributed by atoms with Crippen LogP contribution in [0.2, 0.25) is 0 Å². The lowest BCUT2D eigenvalue weighted by molar-refractivity contribution is 0.588. The fourth-order valence-electron chi connectivity index (χ4n) is 2.15. The van der Waals surface area contributed by atoms with Crippen LogP contribution in [0.5, 0.6) is 0 Å². The van der Waals surface area contributed by atoms with Crippen LogP contribution in [0.4, 0.5) is 0 Å². The Morgan fingerprint density at radius 2 is 1.37 bits per heavy atom. The second-order valence-electron chi connectivity index (χ2n) is 6.10. The second-order valence-corrected chi connectivity index (χ2v) is 7.19. The van der Waals surface area contributed by atoms with Crippen LogP contribution in [-0.2, 0) is 5.41 Å². The third-order valence-electron chi connectivity index (χ3n) is 3.29. The molecular formula is C18H22S. The molecule has 0 N–H and O–H groups in total. The zero-order valence-electron chi connectivity index (χ0n) is 12.4. The summed E-state index contributed by atoms with van der Waals surface area (Å²) in [6.45, 7) is 11.2. The molecule has 0 saturated heterocycles. The van der Waals surface area contributed by atoms with E-state index in [0.29, 0.717) is 0 Å². The average molecular weight is 270 g/mol. The lowest BCUT2D eigenvalue weighted by Gasteiger charge is -2.22. The van der Waals surface area contributed by atoms with Crippen molar-refractivity contribution in [1.82, 2.24) is 0 Å². The SMILES string of the molecule is Cc1cc(C(C)(C)C)cc(C)c1Sc1ccccc1. The summed E-state index contributed by atoms with van der Waals surface area (Å²) in [6, 6.07) is 15.2. The van der Waals surface area contributed by atoms with Crippen molar-refractivity contribution in [3.05, 3.63) is 59.2 Å². The Hall–Kier alpha value is -1.21. The summed E-state index contributed by atoms with van der Waals surface area (Å²) in [5.41, 5.74) is 4.38. The Morgan fingerprint density at radius 1 is 0.842 bits per heavy atom. The van der Waals surface area contributed by atoms with Crippen LogP contribution < -0.4 is 0 Å². The standard InChI is InChI=1S/C18H22S/c1-13-11-15(18(3,4)5)12-14(2)17(13)19-16-9-7-6-8-10-16/h6-12H,1-5H3. The fraction of sp³-hybridized carbons (Fsp3) is 0.333. The molecule has 0 aliphatic carbocycles. The molecule has 0 unspecified atom stereocenters. The molecule has 0 radical (unpaired) electrons. The molecule has 0 bridgehead atoms. The fourth-order valence-corrected chi connectivity index (χ4v) is 3.12. The third-order valence-corrected chi connectivity index (χ3v) is 4.65. The van der Waals surface area contributed by atoms with E-state index in [-0.39, 0.29) is 5.41 Å². The third kappa shape index (κ3) is 3.42. The Balaban J connectivity index is 2.38. The Kier molecular flexibility index (Phi) is 4.05. The maximum absolute atomic E-state index is 2.33. The van der Waals surface area contributed by atoms with Crippen LogP contribution in [0.15, 0.2) is 52.3 Å². The van der Waals surface area contributed by atoms with Crippen molar-refractivity contribution in [3.63, 3.8) is 0 Å². The first-order valence-corrected chi connectivity index (χ1v) is 7.54. The monoisotopic (exact) mass is 270 g/mol. The minimum Gasteiger partial charge on any atom is -0.0895 e. The van der Waals surface area contributed by atoms with Gasteiger partial charge in [-0.25, -0.2) is 0 Å². The van der Waals surface area contributed by atoms with Gasteiger partial charge >= 0.3 is 0 Å². The molecule has 2 aromatic carbocycles. The summed E-state index contributed by atoms with van der Waals surface area (Å²) in [7, 11) is 0. The van der Waals surface area contributed by atoms with Gasteiger partial charge in [0.05, 0.1) is 0 Å². The van der Waals surface area contributed by atoms with E-state index in [2.05, 4.69) is 77.1 Å². The highest BCUT2D eigenvalue weighted by Crippen LogP contribution is 2.35. The molecule has 2 aromatic rings. The lowest BCUT2D eigenvalue weighted by atomic mass is 9.85. The second kappa shape index (κ2) is 5.42. The highest BCUT2D eigenvalue weighted by Gasteiger charge is 2.16. The number of aryl methyl sites for hydroxylation is 2. The van der Waals surface area contributed by atoms with E-state index in [1.54, 1.807) is 0 Å². The first-order valence-electron chi connectivity index (χ1n) is 6.72. The van der Waals surface area contributed by atoms with Gasteiger partial charge in [-0.05, 0) is 48.1 Å². The van der Waals surface area contributed by atoms with Gasteiger partial charge in [-0.15, -0.1) is 0 Å². The van der Waals surface area contributed by atoms with Gasteiger partial charge < -0.3 is 0 Å². The van der Waals surface area contributed by atoms with Crippen molar-refractivity contribution in [2.75, 3.05) is 0 Å². The molecule has 0 fully saturated rings. The average Bonchev–Trinajstić information content (AvgIpc) is 2.33. The number of rotatable bonds is 2. The predicted molar refractivity (Wildman–Crippen MR) is 85.2 cm³/mol. The molecule has 0 aliphatic heterocycles. The van der Waals surface area contributed by atoms with E-state index in [9.17, 15) is 0 Å². The lowest BCUT2D eigenvalue weighted by Crippen LogP contribution is -2.11. The summed E-state index contributed by atoms with van der Waals surface area (Å²) >= 11 is 1.86. The van der Waals surface area contributed by atoms with Crippen molar-refractivity contribution >= 4 is 11.8 Å². The Bertz CT molecular complexity index is 539. The van der Waals surface area contributed by atoms with Gasteiger partial charge in [-0.2, -0.15) is 0 Å². The molecule has 0 atom stereocenters. The van der Waals surface area contributed by atoms with E-state index in [0.717, 1.165) is 0 Å². The first-order chi connectivity index (χ1) is 8.88. The normalized spacial score (nSPS) is 11.6. The predicted octanol–water partition coefficient (Wildman–Crippen LogP) is 5.75. The van der Waals surface area contributed by atoms with Gasteiger partial charge in [-0.3, -0.25) is 0 Å². The van der Waals surface area contributed by atoms with Gasteiger partial charge in [0, 0.05) is 9.79 Å². The molecule has 0 nitrogen and oxygen atoms in total. The van der Waals surface area contributed by atoms with Crippen LogP contribution in [0.1, 0.15) is 37.5 Å². The minimum absolute atomic E-state index is 0.214. The summed E-state index contributed by atoms with van der Waals surface area (Å²) in [4.78, 5) is 2.69. The first kappa shape index (κ1) is 14.2. The highest BCUT2D eigenvalue weighted by atomic mass is 32.2. The van der Waals surface area contributed by atoms with Crippen molar-refractivity contribution in [2.24, 2.45) is 0 Å². The highest BCUT2D eigenvalue weighted by molar-refractivity contribution is 7.99. The topological polar surface area (TPSA) is 0 Å². The van der Waals surface area contributed by atoms with E-state index in [1.165, 1.54) is 26.5 Å². The van der Waals surface area contributed by atoms with Crippen molar-refractivity contribution in [1.29, 1.82) is 0 Å². The van der Waals surface area contributed by atoms with Gasteiger partial charge in [0.2, 0.25) is 0 Å². The van der Waals surface area contributed by atoms with E-state index < -0.39 is 0 Å². The molecule has 0 amide bonds. The quantitative estimate of drug-likeness (QED) is 0.669. The summed E-state index contributed by atoms with van der Waals surface area (Å²) < 4.78 is 0. The summed E-state index contributed by atoms with van der Waals surface area (Å²) in [5.74, 6) is 0. The molecular weight excluding hydrogens is 248 g/mol. The molecule has 0 saturated carbocycles. The molecule has 0 heterocycles. The zero-order chi connectivity index (χ0) is 14.0. The minimum atomic E-state index is 0.214. The van der Waals surface area contributed by atoms with Crippen LogP contribution >= 0.6 is 11.8 Å². The van der Waals surface area contributed by atoms with Crippen molar-refractivity contribution < 1.29 is 0 Å². The van der Waals surface area contributed by atoms with Gasteiger partial charge in [-0.1, -0.05) is 62.9 Å². The number of hydrogen-bond donors (Lipinski definition) is 0. The molecule has 1 heteroatoms.